The summed E-state index contributed by atoms with van der Waals surface area (Å²) in [4.78, 5) is 22.5. The van der Waals surface area contributed by atoms with Crippen molar-refractivity contribution in [3.8, 4) is 0 Å². The number of nitro groups is 2. The number of nitrogens with zero attached hydrogens (tertiary/aromatic N) is 3. The maximum Gasteiger partial charge on any atom is 0.299 e. The number of likely N-dealkylation sites (N-methyl/N-ethyl adjacent to an activating group) is 1. The Morgan fingerprint density at radius 3 is 2.58 bits per heavy atom. The van der Waals surface area contributed by atoms with Crippen LogP contribution in [0.15, 0.2) is 18.2 Å². The Morgan fingerprint density at radius 2 is 2.05 bits per heavy atom. The molecule has 8 heteroatoms. The molecular weight excluding hydrogens is 252 g/mol. The molecule has 1 saturated heterocycles. The van der Waals surface area contributed by atoms with Crippen LogP contribution in [0.5, 0.6) is 0 Å². The quantitative estimate of drug-likeness (QED) is 0.656. The minimum Gasteiger partial charge on any atom is -0.375 e. The number of likely N-dealkylation sites (tertiary alicyclic amines) is 1. The number of anilines is 1. The lowest BCUT2D eigenvalue weighted by atomic mass is 10.2. The van der Waals surface area contributed by atoms with Crippen LogP contribution in [0.1, 0.15) is 6.42 Å². The van der Waals surface area contributed by atoms with Crippen molar-refractivity contribution in [3.63, 3.8) is 0 Å². The van der Waals surface area contributed by atoms with Gasteiger partial charge in [0.2, 0.25) is 0 Å². The third-order valence-corrected chi connectivity index (χ3v) is 3.14. The summed E-state index contributed by atoms with van der Waals surface area (Å²) in [6.45, 7) is 1.73. The standard InChI is InChI=1S/C11H14N4O4/c1-13-5-4-8(7-13)12-10-3-2-9(14(16)17)6-11(10)15(18)19/h2-3,6,8,12H,4-5,7H2,1H3. The first kappa shape index (κ1) is 13.2. The summed E-state index contributed by atoms with van der Waals surface area (Å²) in [5, 5.41) is 24.7. The van der Waals surface area contributed by atoms with E-state index in [-0.39, 0.29) is 17.4 Å². The highest BCUT2D eigenvalue weighted by Gasteiger charge is 2.24. The Kier molecular flexibility index (Phi) is 3.61. The van der Waals surface area contributed by atoms with Gasteiger partial charge in [-0.15, -0.1) is 0 Å². The second-order valence-corrected chi connectivity index (χ2v) is 4.61. The molecule has 0 amide bonds. The van der Waals surface area contributed by atoms with Gasteiger partial charge in [0.25, 0.3) is 11.4 Å². The van der Waals surface area contributed by atoms with Crippen LogP contribution in [0.2, 0.25) is 0 Å². The molecule has 1 aliphatic rings. The van der Waals surface area contributed by atoms with Crippen molar-refractivity contribution < 1.29 is 9.85 Å². The summed E-state index contributed by atoms with van der Waals surface area (Å²) >= 11 is 0. The Hall–Kier alpha value is -2.22. The van der Waals surface area contributed by atoms with Gasteiger partial charge in [-0.2, -0.15) is 0 Å². The Morgan fingerprint density at radius 1 is 1.32 bits per heavy atom. The third-order valence-electron chi connectivity index (χ3n) is 3.14. The lowest BCUT2D eigenvalue weighted by Crippen LogP contribution is -2.23. The Balaban J connectivity index is 2.24. The molecule has 102 valence electrons. The van der Waals surface area contributed by atoms with E-state index in [0.29, 0.717) is 5.69 Å². The summed E-state index contributed by atoms with van der Waals surface area (Å²) in [7, 11) is 1.98. The molecule has 1 heterocycles. The van der Waals surface area contributed by atoms with Gasteiger partial charge in [0.05, 0.1) is 15.9 Å². The summed E-state index contributed by atoms with van der Waals surface area (Å²) in [5.74, 6) is 0. The monoisotopic (exact) mass is 266 g/mol. The average Bonchev–Trinajstić information content (AvgIpc) is 2.74. The smallest absolute Gasteiger partial charge is 0.299 e. The number of non-ortho nitro benzene ring substituents is 1. The normalized spacial score (nSPS) is 19.3. The fourth-order valence-corrected chi connectivity index (χ4v) is 2.18. The van der Waals surface area contributed by atoms with E-state index in [4.69, 9.17) is 0 Å². The van der Waals surface area contributed by atoms with Crippen molar-refractivity contribution in [2.24, 2.45) is 0 Å². The average molecular weight is 266 g/mol. The fourth-order valence-electron chi connectivity index (χ4n) is 2.18. The predicted octanol–water partition coefficient (Wildman–Crippen LogP) is 1.62. The van der Waals surface area contributed by atoms with Crippen molar-refractivity contribution >= 4 is 17.1 Å². The number of nitro benzene ring substituents is 2. The van der Waals surface area contributed by atoms with E-state index in [0.717, 1.165) is 25.6 Å². The van der Waals surface area contributed by atoms with Gasteiger partial charge in [0, 0.05) is 18.7 Å². The minimum absolute atomic E-state index is 0.130. The second kappa shape index (κ2) is 5.19. The maximum atomic E-state index is 11.0. The molecule has 0 aromatic heterocycles. The first-order valence-electron chi connectivity index (χ1n) is 5.85. The highest BCUT2D eigenvalue weighted by Crippen LogP contribution is 2.30. The lowest BCUT2D eigenvalue weighted by Gasteiger charge is -2.14. The summed E-state index contributed by atoms with van der Waals surface area (Å²) in [6.07, 6.45) is 0.893. The van der Waals surface area contributed by atoms with Crippen LogP contribution in [0.25, 0.3) is 0 Å². The SMILES string of the molecule is CN1CCC(Nc2ccc([N+](=O)[O-])cc2[N+](=O)[O-])C1. The van der Waals surface area contributed by atoms with Crippen LogP contribution >= 0.6 is 0 Å². The van der Waals surface area contributed by atoms with Gasteiger partial charge in [-0.25, -0.2) is 0 Å². The first-order valence-corrected chi connectivity index (χ1v) is 5.85. The lowest BCUT2D eigenvalue weighted by molar-refractivity contribution is -0.393. The zero-order valence-corrected chi connectivity index (χ0v) is 10.4. The summed E-state index contributed by atoms with van der Waals surface area (Å²) in [5.41, 5.74) is -0.208. The van der Waals surface area contributed by atoms with E-state index in [2.05, 4.69) is 10.2 Å². The van der Waals surface area contributed by atoms with E-state index in [1.807, 2.05) is 7.05 Å². The fraction of sp³-hybridized carbons (Fsp3) is 0.455. The van der Waals surface area contributed by atoms with Crippen LogP contribution in [0.4, 0.5) is 17.1 Å². The molecule has 0 radical (unpaired) electrons. The molecular formula is C11H14N4O4. The molecule has 1 atom stereocenters. The zero-order valence-electron chi connectivity index (χ0n) is 10.4. The molecule has 0 saturated carbocycles. The molecule has 1 aliphatic heterocycles. The van der Waals surface area contributed by atoms with Gasteiger partial charge in [-0.1, -0.05) is 0 Å². The molecule has 8 nitrogen and oxygen atoms in total. The number of hydrogen-bond donors (Lipinski definition) is 1. The number of benzene rings is 1. The summed E-state index contributed by atoms with van der Waals surface area (Å²) < 4.78 is 0. The van der Waals surface area contributed by atoms with Gasteiger partial charge in [0.15, 0.2) is 0 Å². The Labute approximate surface area is 109 Å². The molecule has 2 rings (SSSR count). The summed E-state index contributed by atoms with van der Waals surface area (Å²) in [6, 6.07) is 3.79. The Bertz CT molecular complexity index is 519. The van der Waals surface area contributed by atoms with Crippen molar-refractivity contribution in [3.05, 3.63) is 38.4 Å². The van der Waals surface area contributed by atoms with Crippen LogP contribution in [-0.4, -0.2) is 40.9 Å². The van der Waals surface area contributed by atoms with Gasteiger partial charge < -0.3 is 10.2 Å². The molecule has 0 aliphatic carbocycles. The molecule has 1 aromatic carbocycles. The van der Waals surface area contributed by atoms with E-state index < -0.39 is 9.85 Å². The number of hydrogen-bond acceptors (Lipinski definition) is 6. The van der Waals surface area contributed by atoms with Gasteiger partial charge in [-0.05, 0) is 26.1 Å². The van der Waals surface area contributed by atoms with E-state index >= 15 is 0 Å². The first-order chi connectivity index (χ1) is 8.97. The van der Waals surface area contributed by atoms with Crippen molar-refractivity contribution in [2.45, 2.75) is 12.5 Å². The minimum atomic E-state index is -0.639. The second-order valence-electron chi connectivity index (χ2n) is 4.61. The molecule has 0 spiro atoms. The topological polar surface area (TPSA) is 102 Å². The number of nitrogens with one attached hydrogen (secondary N) is 1. The van der Waals surface area contributed by atoms with Crippen molar-refractivity contribution in [2.75, 3.05) is 25.5 Å². The highest BCUT2D eigenvalue weighted by molar-refractivity contribution is 5.65. The molecule has 1 aromatic rings. The van der Waals surface area contributed by atoms with E-state index in [9.17, 15) is 20.2 Å². The molecule has 1 fully saturated rings. The maximum absolute atomic E-state index is 11.0. The third kappa shape index (κ3) is 2.97. The van der Waals surface area contributed by atoms with Gasteiger partial charge in [-0.3, -0.25) is 20.2 Å². The molecule has 1 unspecified atom stereocenters. The van der Waals surface area contributed by atoms with Crippen LogP contribution in [0.3, 0.4) is 0 Å². The van der Waals surface area contributed by atoms with Crippen molar-refractivity contribution in [1.82, 2.24) is 4.90 Å². The van der Waals surface area contributed by atoms with Crippen molar-refractivity contribution in [1.29, 1.82) is 0 Å². The van der Waals surface area contributed by atoms with E-state index in [1.54, 1.807) is 0 Å². The molecule has 19 heavy (non-hydrogen) atoms. The van der Waals surface area contributed by atoms with E-state index in [1.165, 1.54) is 12.1 Å². The van der Waals surface area contributed by atoms with Gasteiger partial charge >= 0.3 is 0 Å². The zero-order chi connectivity index (χ0) is 14.0. The number of rotatable bonds is 4. The molecule has 1 N–H and O–H groups in total. The highest BCUT2D eigenvalue weighted by atomic mass is 16.6. The molecule has 0 bridgehead atoms. The van der Waals surface area contributed by atoms with Crippen LogP contribution in [0, 0.1) is 20.2 Å². The van der Waals surface area contributed by atoms with Crippen LogP contribution < -0.4 is 5.32 Å². The predicted molar refractivity (Wildman–Crippen MR) is 69.3 cm³/mol. The largest absolute Gasteiger partial charge is 0.375 e. The van der Waals surface area contributed by atoms with Gasteiger partial charge in [0.1, 0.15) is 5.69 Å². The van der Waals surface area contributed by atoms with Crippen LogP contribution in [-0.2, 0) is 0 Å².